The minimum absolute atomic E-state index is 0. The molecular weight excluding hydrogens is 201 g/mol. The van der Waals surface area contributed by atoms with Gasteiger partial charge in [0.15, 0.2) is 0 Å². The van der Waals surface area contributed by atoms with Crippen LogP contribution in [-0.4, -0.2) is 11.3 Å². The van der Waals surface area contributed by atoms with Crippen LogP contribution in [0, 0.1) is 5.92 Å². The lowest BCUT2D eigenvalue weighted by molar-refractivity contribution is -0.00000918. The van der Waals surface area contributed by atoms with E-state index >= 15 is 0 Å². The lowest BCUT2D eigenvalue weighted by Gasteiger charge is -1.99. The Kier molecular flexibility index (Phi) is 16.6. The minimum Gasteiger partial charge on any atom is -1.00 e. The van der Waals surface area contributed by atoms with Gasteiger partial charge in [0.1, 0.15) is 11.3 Å². The smallest absolute Gasteiger partial charge is 0.102 e. The topological polar surface area (TPSA) is 0 Å². The summed E-state index contributed by atoms with van der Waals surface area (Å²) in [6.45, 7) is 15.6. The second-order valence-corrected chi connectivity index (χ2v) is 5.87. The van der Waals surface area contributed by atoms with Crippen LogP contribution >= 0.6 is 0 Å². The molecule has 0 amide bonds. The van der Waals surface area contributed by atoms with E-state index in [1.165, 1.54) is 41.5 Å². The maximum absolute atomic E-state index is 11.7. The van der Waals surface area contributed by atoms with Crippen molar-refractivity contribution in [3.63, 3.8) is 0 Å². The molecule has 0 bridgehead atoms. The first-order chi connectivity index (χ1) is 5.73. The molecule has 0 aromatic carbocycles. The third kappa shape index (κ3) is 43500. The third-order valence-electron chi connectivity index (χ3n) is 0. The van der Waals surface area contributed by atoms with Gasteiger partial charge in [-0.2, -0.15) is 0 Å². The highest BCUT2D eigenvalue weighted by Crippen LogP contribution is 2.03. The Bertz CT molecular complexity index is 80.3. The molecule has 0 aromatic heterocycles. The molecule has 0 nitrogen and oxygen atoms in total. The Labute approximate surface area is 93.8 Å². The van der Waals surface area contributed by atoms with Crippen LogP contribution in [0.25, 0.3) is 0 Å². The zero-order valence-corrected chi connectivity index (χ0v) is 11.7. The van der Waals surface area contributed by atoms with E-state index in [9.17, 15) is 8.78 Å². The second-order valence-electron chi connectivity index (χ2n) is 5.87. The molecule has 98 valence electrons. The average Bonchev–Trinajstić information content (AvgIpc) is 1.45. The van der Waals surface area contributed by atoms with Gasteiger partial charge in [0.25, 0.3) is 0 Å². The van der Waals surface area contributed by atoms with Crippen LogP contribution in [0.3, 0.4) is 0 Å². The first-order valence-electron chi connectivity index (χ1n) is 5.11. The van der Waals surface area contributed by atoms with Crippen molar-refractivity contribution in [1.29, 1.82) is 0 Å². The fraction of sp³-hybridized carbons (Fsp3) is 1.00. The molecule has 0 N–H and O–H groups in total. The molecule has 0 unspecified atom stereocenters. The van der Waals surface area contributed by atoms with Crippen molar-refractivity contribution in [2.75, 3.05) is 0 Å². The summed E-state index contributed by atoms with van der Waals surface area (Å²) in [4.78, 5) is 0. The van der Waals surface area contributed by atoms with Crippen LogP contribution in [0.4, 0.5) is 8.78 Å². The molecule has 0 spiro atoms. The maximum atomic E-state index is 11.7. The first-order valence-corrected chi connectivity index (χ1v) is 5.11. The number of rotatable bonds is 0. The van der Waals surface area contributed by atoms with Crippen LogP contribution in [0.2, 0.25) is 0 Å². The summed E-state index contributed by atoms with van der Waals surface area (Å²) in [7, 11) is 0. The Morgan fingerprint density at radius 1 is 0.667 bits per heavy atom. The highest BCUT2D eigenvalue weighted by Gasteiger charge is 2.02. The molecule has 15 heavy (non-hydrogen) atoms. The van der Waals surface area contributed by atoms with Crippen molar-refractivity contribution in [3.05, 3.63) is 0 Å². The van der Waals surface area contributed by atoms with E-state index in [0.717, 1.165) is 5.92 Å². The van der Waals surface area contributed by atoms with Crippen molar-refractivity contribution >= 4 is 0 Å². The minimum atomic E-state index is -1.00. The molecule has 0 saturated carbocycles. The normalized spacial score (nSPS) is 10.4. The molecule has 0 aliphatic carbocycles. The number of hydrogen-bond donors (Lipinski definition) is 0. The fourth-order valence-electron chi connectivity index (χ4n) is 0. The molecule has 0 aliphatic rings. The number of hydrogen-bond acceptors (Lipinski definition) is 0. The zero-order chi connectivity index (χ0) is 12.6. The molecule has 0 rings (SSSR count). The fourth-order valence-corrected chi connectivity index (χ4v) is 0. The van der Waals surface area contributed by atoms with Crippen molar-refractivity contribution in [2.45, 2.75) is 73.7 Å². The van der Waals surface area contributed by atoms with Crippen LogP contribution in [0.15, 0.2) is 0 Å². The van der Waals surface area contributed by atoms with E-state index in [4.69, 9.17) is 0 Å². The van der Waals surface area contributed by atoms with Gasteiger partial charge in [0, 0.05) is 0 Å². The molecule has 0 fully saturated rings. The molecule has 3 heteroatoms. The summed E-state index contributed by atoms with van der Waals surface area (Å²) in [5.74, 6) is 0.833. The Morgan fingerprint density at radius 3 is 0.667 bits per heavy atom. The number of alkyl halides is 2. The van der Waals surface area contributed by atoms with Gasteiger partial charge in [-0.3, -0.25) is 0 Å². The third-order valence-corrected chi connectivity index (χ3v) is 0. The Balaban J connectivity index is -0.0000000590. The van der Waals surface area contributed by atoms with Gasteiger partial charge in [0.2, 0.25) is 0 Å². The second kappa shape index (κ2) is 10.3. The quantitative estimate of drug-likeness (QED) is 0.597. The predicted octanol–water partition coefficient (Wildman–Crippen LogP) is 2.18. The predicted molar refractivity (Wildman–Crippen MR) is 62.2 cm³/mol. The van der Waals surface area contributed by atoms with Gasteiger partial charge in [-0.1, -0.05) is 20.8 Å². The molecular formula is C12H28F3-. The summed E-state index contributed by atoms with van der Waals surface area (Å²) in [5.41, 5.74) is -2.00. The summed E-state index contributed by atoms with van der Waals surface area (Å²) in [6.07, 6.45) is 0. The molecule has 0 aromatic rings. The molecule has 0 saturated heterocycles. The average molecular weight is 229 g/mol. The highest BCUT2D eigenvalue weighted by atomic mass is 19.1. The van der Waals surface area contributed by atoms with Crippen molar-refractivity contribution in [1.82, 2.24) is 0 Å². The lowest BCUT2D eigenvalue weighted by Crippen LogP contribution is -3.00. The van der Waals surface area contributed by atoms with Gasteiger partial charge in [-0.15, -0.1) is 0 Å². The van der Waals surface area contributed by atoms with Crippen molar-refractivity contribution < 1.29 is 13.5 Å². The standard InChI is InChI=1S/2C4H9F.C4H10.FH/c2*1-4(2,3)5;1-4(2)3;/h2*1-3H3;4H,1-3H3;1H/p-1. The van der Waals surface area contributed by atoms with E-state index < -0.39 is 11.3 Å². The van der Waals surface area contributed by atoms with Crippen molar-refractivity contribution in [2.24, 2.45) is 5.92 Å². The van der Waals surface area contributed by atoms with Gasteiger partial charge in [-0.05, 0) is 47.5 Å². The number of halogens is 3. The molecule has 0 radical (unpaired) electrons. The summed E-state index contributed by atoms with van der Waals surface area (Å²) >= 11 is 0. The lowest BCUT2D eigenvalue weighted by atomic mass is 10.2. The Hall–Kier alpha value is -0.210. The van der Waals surface area contributed by atoms with Crippen LogP contribution in [0.1, 0.15) is 62.3 Å². The van der Waals surface area contributed by atoms with Gasteiger partial charge >= 0.3 is 0 Å². The summed E-state index contributed by atoms with van der Waals surface area (Å²) in [6, 6.07) is 0. The van der Waals surface area contributed by atoms with E-state index in [0.29, 0.717) is 0 Å². The zero-order valence-electron chi connectivity index (χ0n) is 11.7. The molecule has 0 atom stereocenters. The largest absolute Gasteiger partial charge is 1.00 e. The van der Waals surface area contributed by atoms with Crippen LogP contribution < -0.4 is 4.70 Å². The van der Waals surface area contributed by atoms with E-state index in [1.54, 1.807) is 0 Å². The van der Waals surface area contributed by atoms with E-state index in [-0.39, 0.29) is 4.70 Å². The van der Waals surface area contributed by atoms with Gasteiger partial charge in [-0.25, -0.2) is 8.78 Å². The van der Waals surface area contributed by atoms with E-state index in [1.807, 2.05) is 0 Å². The highest BCUT2D eigenvalue weighted by molar-refractivity contribution is 4.52. The summed E-state index contributed by atoms with van der Waals surface area (Å²) in [5, 5.41) is 0. The Morgan fingerprint density at radius 2 is 0.667 bits per heavy atom. The van der Waals surface area contributed by atoms with Gasteiger partial charge in [0.05, 0.1) is 0 Å². The SMILES string of the molecule is CC(C)(C)F.CC(C)(C)F.CC(C)C.[F-]. The monoisotopic (exact) mass is 229 g/mol. The molecule has 0 aliphatic heterocycles. The van der Waals surface area contributed by atoms with Gasteiger partial charge < -0.3 is 4.70 Å². The summed E-state index contributed by atoms with van der Waals surface area (Å²) < 4.78 is 23.4. The first kappa shape index (κ1) is 24.2. The molecule has 0 heterocycles. The van der Waals surface area contributed by atoms with E-state index in [2.05, 4.69) is 20.8 Å². The maximum Gasteiger partial charge on any atom is 0.102 e. The van der Waals surface area contributed by atoms with Crippen LogP contribution in [0.5, 0.6) is 0 Å². The van der Waals surface area contributed by atoms with Crippen molar-refractivity contribution in [3.8, 4) is 0 Å². The van der Waals surface area contributed by atoms with Crippen LogP contribution in [-0.2, 0) is 0 Å².